The van der Waals surface area contributed by atoms with E-state index in [1.165, 1.54) is 10.5 Å². The molecule has 1 aromatic heterocycles. The Balaban J connectivity index is 1.56. The molecule has 2 aromatic rings. The molecular weight excluding hydrogens is 306 g/mol. The molecule has 0 atom stereocenters. The van der Waals surface area contributed by atoms with E-state index in [0.717, 1.165) is 37.6 Å². The Morgan fingerprint density at radius 2 is 2.00 bits per heavy atom. The SMILES string of the molecule is CN=C(NCCCc1cnn(C)c1)NCCSc1ccccc1. The maximum atomic E-state index is 4.25. The fraction of sp³-hybridized carbons (Fsp3) is 0.412. The Hall–Kier alpha value is -1.95. The molecule has 1 aromatic carbocycles. The third-order valence-electron chi connectivity index (χ3n) is 3.32. The quantitative estimate of drug-likeness (QED) is 0.337. The van der Waals surface area contributed by atoms with Crippen LogP contribution in [0.1, 0.15) is 12.0 Å². The summed E-state index contributed by atoms with van der Waals surface area (Å²) in [6.45, 7) is 1.79. The number of thioether (sulfide) groups is 1. The van der Waals surface area contributed by atoms with E-state index in [9.17, 15) is 0 Å². The number of nitrogens with one attached hydrogen (secondary N) is 2. The summed E-state index contributed by atoms with van der Waals surface area (Å²) in [4.78, 5) is 5.55. The summed E-state index contributed by atoms with van der Waals surface area (Å²) in [6.07, 6.45) is 6.08. The van der Waals surface area contributed by atoms with E-state index in [1.807, 2.05) is 35.8 Å². The summed E-state index contributed by atoms with van der Waals surface area (Å²) < 4.78 is 1.84. The van der Waals surface area contributed by atoms with Crippen molar-refractivity contribution in [2.75, 3.05) is 25.9 Å². The predicted octanol–water partition coefficient (Wildman–Crippen LogP) is 2.31. The van der Waals surface area contributed by atoms with E-state index in [2.05, 4.69) is 51.2 Å². The van der Waals surface area contributed by atoms with Crippen molar-refractivity contribution in [2.45, 2.75) is 17.7 Å². The molecule has 0 aliphatic rings. The van der Waals surface area contributed by atoms with E-state index < -0.39 is 0 Å². The lowest BCUT2D eigenvalue weighted by atomic mass is 10.2. The van der Waals surface area contributed by atoms with Crippen molar-refractivity contribution >= 4 is 17.7 Å². The minimum atomic E-state index is 0.866. The van der Waals surface area contributed by atoms with Gasteiger partial charge in [0.25, 0.3) is 0 Å². The van der Waals surface area contributed by atoms with E-state index in [1.54, 1.807) is 7.05 Å². The Bertz CT molecular complexity index is 594. The molecule has 0 saturated carbocycles. The second kappa shape index (κ2) is 9.94. The molecule has 5 nitrogen and oxygen atoms in total. The van der Waals surface area contributed by atoms with Gasteiger partial charge in [0, 0.05) is 44.0 Å². The minimum Gasteiger partial charge on any atom is -0.356 e. The standard InChI is InChI=1S/C17H25N5S/c1-18-17(19-10-6-7-15-13-21-22(2)14-15)20-11-12-23-16-8-4-3-5-9-16/h3-5,8-9,13-14H,6-7,10-12H2,1-2H3,(H2,18,19,20). The number of hydrogen-bond donors (Lipinski definition) is 2. The summed E-state index contributed by atoms with van der Waals surface area (Å²) in [5.41, 5.74) is 1.27. The van der Waals surface area contributed by atoms with Crippen LogP contribution in [0, 0.1) is 0 Å². The van der Waals surface area contributed by atoms with Gasteiger partial charge in [0.2, 0.25) is 0 Å². The molecule has 0 fully saturated rings. The van der Waals surface area contributed by atoms with Crippen LogP contribution in [0.25, 0.3) is 0 Å². The number of guanidine groups is 1. The zero-order chi connectivity index (χ0) is 16.3. The molecule has 2 rings (SSSR count). The highest BCUT2D eigenvalue weighted by molar-refractivity contribution is 7.99. The summed E-state index contributed by atoms with van der Waals surface area (Å²) in [5, 5.41) is 10.9. The molecule has 0 unspecified atom stereocenters. The zero-order valence-corrected chi connectivity index (χ0v) is 14.6. The molecule has 1 heterocycles. The summed E-state index contributed by atoms with van der Waals surface area (Å²) in [6, 6.07) is 10.4. The molecule has 124 valence electrons. The van der Waals surface area contributed by atoms with Gasteiger partial charge < -0.3 is 10.6 Å². The average Bonchev–Trinajstić information content (AvgIpc) is 2.99. The number of aliphatic imine (C=N–C) groups is 1. The Kier molecular flexibility index (Phi) is 7.52. The maximum Gasteiger partial charge on any atom is 0.191 e. The van der Waals surface area contributed by atoms with Crippen molar-refractivity contribution in [3.63, 3.8) is 0 Å². The molecule has 0 bridgehead atoms. The van der Waals surface area contributed by atoms with Gasteiger partial charge in [-0.2, -0.15) is 5.10 Å². The van der Waals surface area contributed by atoms with Crippen LogP contribution in [0.4, 0.5) is 0 Å². The second-order valence-corrected chi connectivity index (χ2v) is 6.38. The highest BCUT2D eigenvalue weighted by Crippen LogP contribution is 2.15. The molecule has 0 aliphatic heterocycles. The van der Waals surface area contributed by atoms with Gasteiger partial charge in [-0.3, -0.25) is 9.67 Å². The van der Waals surface area contributed by atoms with Gasteiger partial charge in [-0.1, -0.05) is 18.2 Å². The maximum absolute atomic E-state index is 4.25. The smallest absolute Gasteiger partial charge is 0.191 e. The van der Waals surface area contributed by atoms with E-state index in [0.29, 0.717) is 0 Å². The van der Waals surface area contributed by atoms with Gasteiger partial charge in [-0.25, -0.2) is 0 Å². The summed E-state index contributed by atoms with van der Waals surface area (Å²) >= 11 is 1.85. The second-order valence-electron chi connectivity index (χ2n) is 5.21. The van der Waals surface area contributed by atoms with Crippen molar-refractivity contribution < 1.29 is 0 Å². The molecule has 0 spiro atoms. The lowest BCUT2D eigenvalue weighted by molar-refractivity contribution is 0.745. The van der Waals surface area contributed by atoms with Crippen molar-refractivity contribution in [3.8, 4) is 0 Å². The molecule has 2 N–H and O–H groups in total. The summed E-state index contributed by atoms with van der Waals surface area (Å²) in [5.74, 6) is 1.88. The molecule has 23 heavy (non-hydrogen) atoms. The Labute approximate surface area is 142 Å². The number of hydrogen-bond acceptors (Lipinski definition) is 3. The number of benzene rings is 1. The number of aromatic nitrogens is 2. The van der Waals surface area contributed by atoms with Gasteiger partial charge in [0.05, 0.1) is 6.20 Å². The van der Waals surface area contributed by atoms with E-state index >= 15 is 0 Å². The van der Waals surface area contributed by atoms with Gasteiger partial charge in [0.15, 0.2) is 5.96 Å². The van der Waals surface area contributed by atoms with Crippen LogP contribution >= 0.6 is 11.8 Å². The van der Waals surface area contributed by atoms with Crippen molar-refractivity contribution in [1.29, 1.82) is 0 Å². The third kappa shape index (κ3) is 6.78. The van der Waals surface area contributed by atoms with Crippen LogP contribution in [0.5, 0.6) is 0 Å². The van der Waals surface area contributed by atoms with Crippen LogP contribution in [-0.2, 0) is 13.5 Å². The molecule has 0 amide bonds. The number of aryl methyl sites for hydroxylation is 2. The van der Waals surface area contributed by atoms with Gasteiger partial charge in [0.1, 0.15) is 0 Å². The first-order valence-corrected chi connectivity index (χ1v) is 8.86. The first-order valence-electron chi connectivity index (χ1n) is 7.88. The van der Waals surface area contributed by atoms with Crippen molar-refractivity contribution in [3.05, 3.63) is 48.3 Å². The molecule has 0 saturated heterocycles. The molecule has 0 radical (unpaired) electrons. The van der Waals surface area contributed by atoms with Crippen molar-refractivity contribution in [1.82, 2.24) is 20.4 Å². The van der Waals surface area contributed by atoms with E-state index in [4.69, 9.17) is 0 Å². The van der Waals surface area contributed by atoms with Gasteiger partial charge >= 0.3 is 0 Å². The van der Waals surface area contributed by atoms with Crippen LogP contribution in [0.15, 0.2) is 52.6 Å². The van der Waals surface area contributed by atoms with Crippen LogP contribution in [-0.4, -0.2) is 41.6 Å². The Morgan fingerprint density at radius 1 is 1.22 bits per heavy atom. The predicted molar refractivity (Wildman–Crippen MR) is 98.1 cm³/mol. The largest absolute Gasteiger partial charge is 0.356 e. The lowest BCUT2D eigenvalue weighted by Crippen LogP contribution is -2.38. The van der Waals surface area contributed by atoms with Crippen LogP contribution in [0.3, 0.4) is 0 Å². The fourth-order valence-corrected chi connectivity index (χ4v) is 2.97. The monoisotopic (exact) mass is 331 g/mol. The van der Waals surface area contributed by atoms with Crippen LogP contribution in [0.2, 0.25) is 0 Å². The molecule has 0 aliphatic carbocycles. The van der Waals surface area contributed by atoms with Crippen molar-refractivity contribution in [2.24, 2.45) is 12.0 Å². The normalized spacial score (nSPS) is 11.5. The Morgan fingerprint density at radius 3 is 2.70 bits per heavy atom. The summed E-state index contributed by atoms with van der Waals surface area (Å²) in [7, 11) is 3.75. The average molecular weight is 331 g/mol. The number of nitrogens with zero attached hydrogens (tertiary/aromatic N) is 3. The minimum absolute atomic E-state index is 0.866. The number of rotatable bonds is 8. The third-order valence-corrected chi connectivity index (χ3v) is 4.34. The first-order chi connectivity index (χ1) is 11.3. The lowest BCUT2D eigenvalue weighted by Gasteiger charge is -2.11. The highest BCUT2D eigenvalue weighted by Gasteiger charge is 1.99. The highest BCUT2D eigenvalue weighted by atomic mass is 32.2. The topological polar surface area (TPSA) is 54.2 Å². The van der Waals surface area contributed by atoms with E-state index in [-0.39, 0.29) is 0 Å². The van der Waals surface area contributed by atoms with Crippen LogP contribution < -0.4 is 10.6 Å². The molecule has 6 heteroatoms. The first kappa shape index (κ1) is 17.4. The van der Waals surface area contributed by atoms with Gasteiger partial charge in [-0.15, -0.1) is 11.8 Å². The fourth-order valence-electron chi connectivity index (χ4n) is 2.18. The molecular formula is C17H25N5S. The van der Waals surface area contributed by atoms with Gasteiger partial charge in [-0.05, 0) is 30.5 Å². The zero-order valence-electron chi connectivity index (χ0n) is 13.8.